The first-order valence-corrected chi connectivity index (χ1v) is 10.8. The lowest BCUT2D eigenvalue weighted by Crippen LogP contribution is -2.25. The molecule has 0 saturated carbocycles. The maximum absolute atomic E-state index is 13.5. The van der Waals surface area contributed by atoms with E-state index in [1.54, 1.807) is 42.5 Å². The molecule has 5 rings (SSSR count). The Kier molecular flexibility index (Phi) is 5.71. The van der Waals surface area contributed by atoms with E-state index in [-0.39, 0.29) is 17.3 Å². The number of non-ortho nitro benzene ring substituents is 2. The fraction of sp³-hybridized carbons (Fsp3) is 0. The number of amides is 1. The van der Waals surface area contributed by atoms with Crippen molar-refractivity contribution in [3.05, 3.63) is 134 Å². The van der Waals surface area contributed by atoms with Gasteiger partial charge >= 0.3 is 0 Å². The topological polar surface area (TPSA) is 120 Å². The van der Waals surface area contributed by atoms with Crippen LogP contribution in [-0.4, -0.2) is 15.8 Å². The average Bonchev–Trinajstić information content (AvgIpc) is 3.49. The first kappa shape index (κ1) is 22.5. The molecule has 1 aromatic heterocycles. The van der Waals surface area contributed by atoms with Crippen molar-refractivity contribution in [2.45, 2.75) is 0 Å². The Bertz CT molecular complexity index is 1550. The summed E-state index contributed by atoms with van der Waals surface area (Å²) in [7, 11) is 0. The van der Waals surface area contributed by atoms with Crippen molar-refractivity contribution in [1.82, 2.24) is 0 Å². The van der Waals surface area contributed by atoms with Gasteiger partial charge in [-0.1, -0.05) is 36.4 Å². The van der Waals surface area contributed by atoms with Crippen LogP contribution in [-0.2, 0) is 4.79 Å². The number of furan rings is 1. The van der Waals surface area contributed by atoms with Crippen molar-refractivity contribution in [2.75, 3.05) is 4.90 Å². The molecule has 0 fully saturated rings. The molecule has 1 amide bonds. The standard InChI is InChI=1S/C27H17N3O6/c31-27-20(15-24-13-14-26(36-24)19-9-11-21(12-10-19)29(32)33)16-25(18-5-2-1-3-6-18)28(27)22-7-4-8-23(17-22)30(34)35/h1-17H/b20-15+. The van der Waals surface area contributed by atoms with E-state index in [4.69, 9.17) is 4.42 Å². The number of nitro benzene ring substituents is 2. The van der Waals surface area contributed by atoms with Crippen molar-refractivity contribution in [3.63, 3.8) is 0 Å². The first-order chi connectivity index (χ1) is 17.4. The predicted octanol–water partition coefficient (Wildman–Crippen LogP) is 6.23. The lowest BCUT2D eigenvalue weighted by Gasteiger charge is -2.20. The summed E-state index contributed by atoms with van der Waals surface area (Å²) in [6.07, 6.45) is 3.31. The number of nitro groups is 2. The van der Waals surface area contributed by atoms with Crippen molar-refractivity contribution < 1.29 is 19.1 Å². The molecule has 0 saturated heterocycles. The van der Waals surface area contributed by atoms with E-state index in [0.717, 1.165) is 5.56 Å². The fourth-order valence-corrected chi connectivity index (χ4v) is 3.93. The second kappa shape index (κ2) is 9.15. The van der Waals surface area contributed by atoms with Gasteiger partial charge in [0.2, 0.25) is 0 Å². The minimum absolute atomic E-state index is 0.0241. The van der Waals surface area contributed by atoms with Crippen LogP contribution in [0.1, 0.15) is 11.3 Å². The quantitative estimate of drug-likeness (QED) is 0.184. The maximum Gasteiger partial charge on any atom is 0.271 e. The Morgan fingerprint density at radius 1 is 0.750 bits per heavy atom. The van der Waals surface area contributed by atoms with Crippen LogP contribution in [0.25, 0.3) is 23.1 Å². The van der Waals surface area contributed by atoms with Crippen LogP contribution < -0.4 is 4.90 Å². The minimum atomic E-state index is -0.505. The average molecular weight is 479 g/mol. The number of anilines is 1. The smallest absolute Gasteiger partial charge is 0.271 e. The number of nitrogens with zero attached hydrogens (tertiary/aromatic N) is 3. The molecule has 0 radical (unpaired) electrons. The van der Waals surface area contributed by atoms with E-state index in [2.05, 4.69) is 0 Å². The summed E-state index contributed by atoms with van der Waals surface area (Å²) < 4.78 is 5.88. The van der Waals surface area contributed by atoms with Gasteiger partial charge in [0.25, 0.3) is 17.3 Å². The maximum atomic E-state index is 13.5. The van der Waals surface area contributed by atoms with Crippen molar-refractivity contribution in [3.8, 4) is 11.3 Å². The zero-order valence-electron chi connectivity index (χ0n) is 18.6. The van der Waals surface area contributed by atoms with Gasteiger partial charge in [-0.2, -0.15) is 0 Å². The number of rotatable bonds is 6. The summed E-state index contributed by atoms with van der Waals surface area (Å²) in [5.41, 5.74) is 2.57. The Morgan fingerprint density at radius 3 is 2.17 bits per heavy atom. The lowest BCUT2D eigenvalue weighted by molar-refractivity contribution is -0.385. The van der Waals surface area contributed by atoms with Crippen LogP contribution in [0, 0.1) is 20.2 Å². The lowest BCUT2D eigenvalue weighted by atomic mass is 10.1. The monoisotopic (exact) mass is 479 g/mol. The van der Waals surface area contributed by atoms with Gasteiger partial charge in [-0.3, -0.25) is 29.9 Å². The summed E-state index contributed by atoms with van der Waals surface area (Å²) in [6, 6.07) is 24.5. The molecule has 0 spiro atoms. The second-order valence-electron chi connectivity index (χ2n) is 7.92. The molecule has 9 nitrogen and oxygen atoms in total. The zero-order valence-corrected chi connectivity index (χ0v) is 18.6. The molecule has 176 valence electrons. The summed E-state index contributed by atoms with van der Waals surface area (Å²) in [4.78, 5) is 36.1. The van der Waals surface area contributed by atoms with Crippen LogP contribution in [0.3, 0.4) is 0 Å². The summed E-state index contributed by atoms with van der Waals surface area (Å²) >= 11 is 0. The minimum Gasteiger partial charge on any atom is -0.457 e. The van der Waals surface area contributed by atoms with Gasteiger partial charge < -0.3 is 4.42 Å². The Morgan fingerprint density at radius 2 is 1.47 bits per heavy atom. The molecule has 0 aliphatic carbocycles. The molecule has 9 heteroatoms. The van der Waals surface area contributed by atoms with Crippen LogP contribution >= 0.6 is 0 Å². The van der Waals surface area contributed by atoms with Gasteiger partial charge in [-0.25, -0.2) is 0 Å². The third-order valence-corrected chi connectivity index (χ3v) is 5.64. The molecule has 0 atom stereocenters. The summed E-state index contributed by atoms with van der Waals surface area (Å²) in [5, 5.41) is 22.2. The van der Waals surface area contributed by atoms with E-state index in [1.807, 2.05) is 30.3 Å². The molecule has 2 heterocycles. The van der Waals surface area contributed by atoms with Crippen LogP contribution in [0.2, 0.25) is 0 Å². The van der Waals surface area contributed by atoms with Crippen molar-refractivity contribution in [1.29, 1.82) is 0 Å². The van der Waals surface area contributed by atoms with E-state index < -0.39 is 9.85 Å². The van der Waals surface area contributed by atoms with Gasteiger partial charge in [0.1, 0.15) is 11.5 Å². The van der Waals surface area contributed by atoms with E-state index in [1.165, 1.54) is 35.2 Å². The van der Waals surface area contributed by atoms with E-state index in [0.29, 0.717) is 34.0 Å². The molecule has 3 aromatic carbocycles. The van der Waals surface area contributed by atoms with Crippen LogP contribution in [0.5, 0.6) is 0 Å². The molecule has 0 bridgehead atoms. The normalized spacial score (nSPS) is 14.2. The SMILES string of the molecule is O=C1/C(=C/c2ccc(-c3ccc([N+](=O)[O-])cc3)o2)C=C(c2ccccc2)N1c1cccc([N+](=O)[O-])c1. The highest BCUT2D eigenvalue weighted by molar-refractivity contribution is 6.23. The zero-order chi connectivity index (χ0) is 25.2. The van der Waals surface area contributed by atoms with E-state index >= 15 is 0 Å². The second-order valence-corrected chi connectivity index (χ2v) is 7.92. The van der Waals surface area contributed by atoms with Gasteiger partial charge in [-0.05, 0) is 48.0 Å². The molecule has 1 aliphatic heterocycles. The number of carbonyl (C=O) groups excluding carboxylic acids is 1. The van der Waals surface area contributed by atoms with Gasteiger partial charge in [0.05, 0.1) is 21.2 Å². The first-order valence-electron chi connectivity index (χ1n) is 10.8. The number of hydrogen-bond acceptors (Lipinski definition) is 6. The third kappa shape index (κ3) is 4.28. The van der Waals surface area contributed by atoms with Gasteiger partial charge in [0.15, 0.2) is 0 Å². The molecular weight excluding hydrogens is 462 g/mol. The summed E-state index contributed by atoms with van der Waals surface area (Å²) in [6.45, 7) is 0. The highest BCUT2D eigenvalue weighted by Gasteiger charge is 2.31. The highest BCUT2D eigenvalue weighted by Crippen LogP contribution is 2.37. The van der Waals surface area contributed by atoms with Crippen molar-refractivity contribution >= 4 is 34.7 Å². The fourth-order valence-electron chi connectivity index (χ4n) is 3.93. The van der Waals surface area contributed by atoms with Gasteiger partial charge in [-0.15, -0.1) is 0 Å². The molecule has 36 heavy (non-hydrogen) atoms. The largest absolute Gasteiger partial charge is 0.457 e. The highest BCUT2D eigenvalue weighted by atomic mass is 16.6. The molecular formula is C27H17N3O6. The number of hydrogen-bond donors (Lipinski definition) is 0. The van der Waals surface area contributed by atoms with Crippen LogP contribution in [0.15, 0.2) is 107 Å². The predicted molar refractivity (Wildman–Crippen MR) is 134 cm³/mol. The Balaban J connectivity index is 1.52. The molecule has 0 N–H and O–H groups in total. The van der Waals surface area contributed by atoms with Crippen molar-refractivity contribution in [2.24, 2.45) is 0 Å². The van der Waals surface area contributed by atoms with Gasteiger partial charge in [0, 0.05) is 35.4 Å². The molecule has 4 aromatic rings. The summed E-state index contributed by atoms with van der Waals surface area (Å²) in [5.74, 6) is 0.545. The molecule has 1 aliphatic rings. The molecule has 0 unspecified atom stereocenters. The number of carbonyl (C=O) groups is 1. The van der Waals surface area contributed by atoms with E-state index in [9.17, 15) is 25.0 Å². The Hall–Kier alpha value is -5.31. The Labute approximate surface area is 204 Å². The van der Waals surface area contributed by atoms with Crippen LogP contribution in [0.4, 0.5) is 17.1 Å². The number of benzene rings is 3. The third-order valence-electron chi connectivity index (χ3n) is 5.64.